The summed E-state index contributed by atoms with van der Waals surface area (Å²) in [6.07, 6.45) is 2.42. The van der Waals surface area contributed by atoms with Gasteiger partial charge >= 0.3 is 5.97 Å². The fourth-order valence-electron chi connectivity index (χ4n) is 2.85. The molecule has 0 amide bonds. The van der Waals surface area contributed by atoms with Gasteiger partial charge in [-0.3, -0.25) is 9.69 Å². The molecule has 0 saturated carbocycles. The summed E-state index contributed by atoms with van der Waals surface area (Å²) >= 11 is 0. The number of nitrogens with zero attached hydrogens (tertiary/aromatic N) is 1. The topological polar surface area (TPSA) is 59.0 Å². The predicted octanol–water partition coefficient (Wildman–Crippen LogP) is 3.17. The highest BCUT2D eigenvalue weighted by atomic mass is 16.5. The van der Waals surface area contributed by atoms with Crippen molar-refractivity contribution in [3.05, 3.63) is 23.8 Å². The summed E-state index contributed by atoms with van der Waals surface area (Å²) in [4.78, 5) is 13.3. The van der Waals surface area contributed by atoms with Crippen LogP contribution in [0.3, 0.4) is 0 Å². The van der Waals surface area contributed by atoms with Crippen LogP contribution in [0.15, 0.2) is 18.2 Å². The maximum atomic E-state index is 11.0. The van der Waals surface area contributed by atoms with Crippen molar-refractivity contribution in [2.45, 2.75) is 39.7 Å². The summed E-state index contributed by atoms with van der Waals surface area (Å²) in [6.45, 7) is 7.81. The Balaban J connectivity index is 1.97. The van der Waals surface area contributed by atoms with Crippen molar-refractivity contribution in [2.75, 3.05) is 26.3 Å². The van der Waals surface area contributed by atoms with Gasteiger partial charge in [-0.1, -0.05) is 13.0 Å². The lowest BCUT2D eigenvalue weighted by Gasteiger charge is -2.30. The number of hydrogen-bond acceptors (Lipinski definition) is 4. The van der Waals surface area contributed by atoms with Crippen LogP contribution in [-0.4, -0.2) is 42.3 Å². The Kier molecular flexibility index (Phi) is 6.71. The molecule has 128 valence electrons. The fraction of sp³-hybridized carbons (Fsp3) is 0.611. The zero-order valence-electron chi connectivity index (χ0n) is 14.1. The van der Waals surface area contributed by atoms with Gasteiger partial charge < -0.3 is 14.6 Å². The number of carboxylic acids is 1. The molecule has 1 aromatic rings. The molecule has 2 rings (SSSR count). The van der Waals surface area contributed by atoms with Crippen LogP contribution in [0.2, 0.25) is 0 Å². The van der Waals surface area contributed by atoms with Crippen LogP contribution in [-0.2, 0) is 11.3 Å². The maximum Gasteiger partial charge on any atom is 0.306 e. The van der Waals surface area contributed by atoms with Crippen molar-refractivity contribution >= 4 is 5.97 Å². The summed E-state index contributed by atoms with van der Waals surface area (Å²) in [7, 11) is 0. The summed E-state index contributed by atoms with van der Waals surface area (Å²) in [6, 6.07) is 6.08. The van der Waals surface area contributed by atoms with Crippen molar-refractivity contribution in [3.63, 3.8) is 0 Å². The van der Waals surface area contributed by atoms with Crippen molar-refractivity contribution < 1.29 is 19.4 Å². The molecule has 0 bridgehead atoms. The Morgan fingerprint density at radius 3 is 2.57 bits per heavy atom. The van der Waals surface area contributed by atoms with Crippen LogP contribution in [0.4, 0.5) is 0 Å². The van der Waals surface area contributed by atoms with Crippen molar-refractivity contribution in [1.82, 2.24) is 4.90 Å². The quantitative estimate of drug-likeness (QED) is 0.797. The number of aliphatic carboxylic acids is 1. The highest BCUT2D eigenvalue weighted by molar-refractivity contribution is 5.70. The Morgan fingerprint density at radius 1 is 1.22 bits per heavy atom. The van der Waals surface area contributed by atoms with E-state index in [0.29, 0.717) is 13.2 Å². The molecule has 0 radical (unpaired) electrons. The zero-order chi connectivity index (χ0) is 16.7. The first-order valence-corrected chi connectivity index (χ1v) is 8.47. The molecule has 0 spiro atoms. The van der Waals surface area contributed by atoms with E-state index < -0.39 is 5.97 Å². The molecule has 0 aromatic heterocycles. The maximum absolute atomic E-state index is 11.0. The van der Waals surface area contributed by atoms with E-state index >= 15 is 0 Å². The van der Waals surface area contributed by atoms with Crippen LogP contribution in [0.25, 0.3) is 0 Å². The standard InChI is InChI=1S/C18H27NO4/c1-3-11-23-16-6-5-14(12-17(16)22-4-2)13-19-9-7-15(8-10-19)18(20)21/h5-6,12,15H,3-4,7-11,13H2,1-2H3,(H,20,21). The molecule has 0 aliphatic carbocycles. The number of piperidine rings is 1. The van der Waals surface area contributed by atoms with Crippen LogP contribution >= 0.6 is 0 Å². The summed E-state index contributed by atoms with van der Waals surface area (Å²) < 4.78 is 11.4. The van der Waals surface area contributed by atoms with Gasteiger partial charge in [-0.25, -0.2) is 0 Å². The highest BCUT2D eigenvalue weighted by Gasteiger charge is 2.24. The van der Waals surface area contributed by atoms with Gasteiger partial charge in [0.25, 0.3) is 0 Å². The summed E-state index contributed by atoms with van der Waals surface area (Å²) in [5, 5.41) is 9.06. The van der Waals surface area contributed by atoms with Crippen LogP contribution in [0.5, 0.6) is 11.5 Å². The predicted molar refractivity (Wildman–Crippen MR) is 89.0 cm³/mol. The zero-order valence-corrected chi connectivity index (χ0v) is 14.1. The third kappa shape index (κ3) is 5.13. The Hall–Kier alpha value is -1.75. The number of carbonyl (C=O) groups is 1. The Bertz CT molecular complexity index is 510. The molecule has 23 heavy (non-hydrogen) atoms. The van der Waals surface area contributed by atoms with E-state index in [0.717, 1.165) is 50.4 Å². The van der Waals surface area contributed by atoms with Gasteiger partial charge in [0, 0.05) is 6.54 Å². The number of likely N-dealkylation sites (tertiary alicyclic amines) is 1. The number of carboxylic acid groups (broad SMARTS) is 1. The first kappa shape index (κ1) is 17.6. The molecule has 0 atom stereocenters. The second-order valence-corrected chi connectivity index (χ2v) is 5.95. The minimum absolute atomic E-state index is 0.185. The lowest BCUT2D eigenvalue weighted by atomic mass is 9.97. The van der Waals surface area contributed by atoms with Gasteiger partial charge in [-0.2, -0.15) is 0 Å². The molecule has 1 heterocycles. The van der Waals surface area contributed by atoms with E-state index in [4.69, 9.17) is 14.6 Å². The lowest BCUT2D eigenvalue weighted by molar-refractivity contribution is -0.143. The first-order valence-electron chi connectivity index (χ1n) is 8.47. The van der Waals surface area contributed by atoms with Gasteiger partial charge in [0.05, 0.1) is 19.1 Å². The van der Waals surface area contributed by atoms with Gasteiger partial charge in [0.15, 0.2) is 11.5 Å². The molecule has 1 fully saturated rings. The van der Waals surface area contributed by atoms with Gasteiger partial charge in [0.1, 0.15) is 0 Å². The second kappa shape index (κ2) is 8.77. The first-order chi connectivity index (χ1) is 11.1. The monoisotopic (exact) mass is 321 g/mol. The molecule has 5 heteroatoms. The van der Waals surface area contributed by atoms with Crippen molar-refractivity contribution in [3.8, 4) is 11.5 Å². The average Bonchev–Trinajstić information content (AvgIpc) is 2.55. The normalized spacial score (nSPS) is 16.3. The molecular formula is C18H27NO4. The molecule has 5 nitrogen and oxygen atoms in total. The van der Waals surface area contributed by atoms with E-state index in [-0.39, 0.29) is 5.92 Å². The average molecular weight is 321 g/mol. The van der Waals surface area contributed by atoms with Gasteiger partial charge in [-0.15, -0.1) is 0 Å². The van der Waals surface area contributed by atoms with Crippen LogP contribution < -0.4 is 9.47 Å². The minimum Gasteiger partial charge on any atom is -0.490 e. The molecule has 1 N–H and O–H groups in total. The largest absolute Gasteiger partial charge is 0.490 e. The molecule has 1 aliphatic heterocycles. The van der Waals surface area contributed by atoms with Gasteiger partial charge in [0.2, 0.25) is 0 Å². The van der Waals surface area contributed by atoms with Crippen LogP contribution in [0, 0.1) is 5.92 Å². The van der Waals surface area contributed by atoms with Crippen molar-refractivity contribution in [1.29, 1.82) is 0 Å². The number of ether oxygens (including phenoxy) is 2. The third-order valence-corrected chi connectivity index (χ3v) is 4.11. The minimum atomic E-state index is -0.666. The number of hydrogen-bond donors (Lipinski definition) is 1. The van der Waals surface area contributed by atoms with E-state index in [1.165, 1.54) is 5.56 Å². The van der Waals surface area contributed by atoms with E-state index in [1.807, 2.05) is 19.1 Å². The second-order valence-electron chi connectivity index (χ2n) is 5.95. The fourth-order valence-corrected chi connectivity index (χ4v) is 2.85. The van der Waals surface area contributed by atoms with E-state index in [2.05, 4.69) is 17.9 Å². The molecule has 1 saturated heterocycles. The van der Waals surface area contributed by atoms with E-state index in [9.17, 15) is 4.79 Å². The number of benzene rings is 1. The van der Waals surface area contributed by atoms with Gasteiger partial charge in [-0.05, 0) is 57.0 Å². The summed E-state index contributed by atoms with van der Waals surface area (Å²) in [5.74, 6) is 0.733. The molecule has 1 aliphatic rings. The van der Waals surface area contributed by atoms with Crippen LogP contribution in [0.1, 0.15) is 38.7 Å². The third-order valence-electron chi connectivity index (χ3n) is 4.11. The lowest BCUT2D eigenvalue weighted by Crippen LogP contribution is -2.35. The summed E-state index contributed by atoms with van der Waals surface area (Å²) in [5.41, 5.74) is 1.17. The smallest absolute Gasteiger partial charge is 0.306 e. The van der Waals surface area contributed by atoms with Crippen molar-refractivity contribution in [2.24, 2.45) is 5.92 Å². The molecular weight excluding hydrogens is 294 g/mol. The van der Waals surface area contributed by atoms with E-state index in [1.54, 1.807) is 0 Å². The number of rotatable bonds is 8. The molecule has 0 unspecified atom stereocenters. The highest BCUT2D eigenvalue weighted by Crippen LogP contribution is 2.29. The SMILES string of the molecule is CCCOc1ccc(CN2CCC(C(=O)O)CC2)cc1OCC. The Morgan fingerprint density at radius 2 is 1.96 bits per heavy atom. The molecule has 1 aromatic carbocycles. The Labute approximate surface area is 138 Å².